The van der Waals surface area contributed by atoms with Crippen LogP contribution >= 0.6 is 11.3 Å². The Morgan fingerprint density at radius 2 is 2.06 bits per heavy atom. The van der Waals surface area contributed by atoms with E-state index in [1.165, 1.54) is 36.1 Å². The van der Waals surface area contributed by atoms with Gasteiger partial charge >= 0.3 is 0 Å². The number of nitrogens with two attached hydrogens (primary N) is 1. The summed E-state index contributed by atoms with van der Waals surface area (Å²) in [6, 6.07) is 2.14. The van der Waals surface area contributed by atoms with Gasteiger partial charge in [0.2, 0.25) is 0 Å². The zero-order valence-corrected chi connectivity index (χ0v) is 11.3. The van der Waals surface area contributed by atoms with Gasteiger partial charge in [-0.05, 0) is 36.8 Å². The lowest BCUT2D eigenvalue weighted by atomic mass is 10.2. The van der Waals surface area contributed by atoms with Crippen LogP contribution in [0.5, 0.6) is 0 Å². The molecule has 0 aliphatic carbocycles. The lowest BCUT2D eigenvalue weighted by molar-refractivity contribution is 0.428. The molecule has 0 bridgehead atoms. The Labute approximate surface area is 107 Å². The summed E-state index contributed by atoms with van der Waals surface area (Å²) in [6.07, 6.45) is 5.14. The van der Waals surface area contributed by atoms with Crippen LogP contribution in [-0.4, -0.2) is 23.9 Å². The molecule has 0 spiro atoms. The van der Waals surface area contributed by atoms with Crippen LogP contribution in [0.25, 0.3) is 0 Å². The van der Waals surface area contributed by atoms with Crippen molar-refractivity contribution in [3.63, 3.8) is 0 Å². The molecule has 2 rings (SSSR count). The van der Waals surface area contributed by atoms with Gasteiger partial charge in [-0.25, -0.2) is 4.99 Å². The van der Waals surface area contributed by atoms with E-state index in [1.807, 2.05) is 0 Å². The first-order chi connectivity index (χ1) is 8.27. The fraction of sp³-hybridized carbons (Fsp3) is 0.615. The van der Waals surface area contributed by atoms with E-state index in [2.05, 4.69) is 28.3 Å². The predicted octanol–water partition coefficient (Wildman–Crippen LogP) is 2.75. The fourth-order valence-corrected chi connectivity index (χ4v) is 2.95. The average Bonchev–Trinajstić information content (AvgIpc) is 2.58. The molecular formula is C13H21N3S. The maximum atomic E-state index is 6.07. The van der Waals surface area contributed by atoms with Crippen LogP contribution in [0.15, 0.2) is 16.4 Å². The van der Waals surface area contributed by atoms with E-state index in [9.17, 15) is 0 Å². The first-order valence-corrected chi connectivity index (χ1v) is 7.23. The molecule has 1 saturated heterocycles. The molecule has 0 amide bonds. The monoisotopic (exact) mass is 251 g/mol. The van der Waals surface area contributed by atoms with Gasteiger partial charge in [-0.1, -0.05) is 12.8 Å². The van der Waals surface area contributed by atoms with Gasteiger partial charge in [0.15, 0.2) is 5.96 Å². The maximum absolute atomic E-state index is 6.07. The molecule has 0 atom stereocenters. The summed E-state index contributed by atoms with van der Waals surface area (Å²) >= 11 is 1.76. The van der Waals surface area contributed by atoms with Crippen molar-refractivity contribution in [1.29, 1.82) is 0 Å². The van der Waals surface area contributed by atoms with Crippen LogP contribution in [0.3, 0.4) is 0 Å². The van der Waals surface area contributed by atoms with E-state index in [1.54, 1.807) is 11.3 Å². The Hall–Kier alpha value is -1.03. The van der Waals surface area contributed by atoms with E-state index in [0.29, 0.717) is 0 Å². The highest BCUT2D eigenvalue weighted by Crippen LogP contribution is 2.16. The summed E-state index contributed by atoms with van der Waals surface area (Å²) < 4.78 is 0. The molecular weight excluding hydrogens is 230 g/mol. The number of guanidine groups is 1. The van der Waals surface area contributed by atoms with E-state index in [4.69, 9.17) is 5.73 Å². The highest BCUT2D eigenvalue weighted by molar-refractivity contribution is 7.10. The highest BCUT2D eigenvalue weighted by Gasteiger charge is 2.10. The Balaban J connectivity index is 1.94. The Kier molecular flexibility index (Phi) is 4.42. The number of hydrogen-bond donors (Lipinski definition) is 1. The van der Waals surface area contributed by atoms with Gasteiger partial charge in [0.05, 0.1) is 6.54 Å². The standard InChI is InChI=1S/C13H21N3S/c1-11-6-9-17-12(11)10-15-13(14)16-7-4-2-3-5-8-16/h6,9H,2-5,7-8,10H2,1H3,(H2,14,15). The Morgan fingerprint density at radius 3 is 2.65 bits per heavy atom. The van der Waals surface area contributed by atoms with Crippen LogP contribution in [0.1, 0.15) is 36.1 Å². The largest absolute Gasteiger partial charge is 0.370 e. The summed E-state index contributed by atoms with van der Waals surface area (Å²) in [5.74, 6) is 0.722. The molecule has 0 unspecified atom stereocenters. The molecule has 0 radical (unpaired) electrons. The van der Waals surface area contributed by atoms with Crippen molar-refractivity contribution in [3.8, 4) is 0 Å². The van der Waals surface area contributed by atoms with Gasteiger partial charge < -0.3 is 10.6 Å². The minimum absolute atomic E-state index is 0.722. The second-order valence-electron chi connectivity index (χ2n) is 4.60. The highest BCUT2D eigenvalue weighted by atomic mass is 32.1. The summed E-state index contributed by atoms with van der Waals surface area (Å²) in [6.45, 7) is 4.99. The van der Waals surface area contributed by atoms with Gasteiger partial charge in [0.1, 0.15) is 0 Å². The summed E-state index contributed by atoms with van der Waals surface area (Å²) in [5.41, 5.74) is 7.39. The number of hydrogen-bond acceptors (Lipinski definition) is 2. The molecule has 1 aromatic rings. The van der Waals surface area contributed by atoms with Crippen molar-refractivity contribution < 1.29 is 0 Å². The first kappa shape index (κ1) is 12.4. The zero-order chi connectivity index (χ0) is 12.1. The van der Waals surface area contributed by atoms with Crippen LogP contribution in [0.4, 0.5) is 0 Å². The number of aryl methyl sites for hydroxylation is 1. The second kappa shape index (κ2) is 6.05. The van der Waals surface area contributed by atoms with Crippen LogP contribution in [0.2, 0.25) is 0 Å². The zero-order valence-electron chi connectivity index (χ0n) is 10.5. The lowest BCUT2D eigenvalue weighted by Crippen LogP contribution is -2.38. The third-order valence-electron chi connectivity index (χ3n) is 3.28. The van der Waals surface area contributed by atoms with Gasteiger partial charge in [-0.15, -0.1) is 11.3 Å². The fourth-order valence-electron chi connectivity index (χ4n) is 2.12. The van der Waals surface area contributed by atoms with E-state index in [-0.39, 0.29) is 0 Å². The number of nitrogens with zero attached hydrogens (tertiary/aromatic N) is 2. The van der Waals surface area contributed by atoms with Crippen molar-refractivity contribution in [2.45, 2.75) is 39.2 Å². The maximum Gasteiger partial charge on any atom is 0.191 e. The first-order valence-electron chi connectivity index (χ1n) is 6.35. The second-order valence-corrected chi connectivity index (χ2v) is 5.60. The predicted molar refractivity (Wildman–Crippen MR) is 74.4 cm³/mol. The summed E-state index contributed by atoms with van der Waals surface area (Å²) in [4.78, 5) is 8.08. The van der Waals surface area contributed by atoms with E-state index < -0.39 is 0 Å². The molecule has 94 valence electrons. The van der Waals surface area contributed by atoms with Gasteiger partial charge in [-0.2, -0.15) is 0 Å². The quantitative estimate of drug-likeness (QED) is 0.648. The van der Waals surface area contributed by atoms with Crippen molar-refractivity contribution in [3.05, 3.63) is 21.9 Å². The molecule has 1 aromatic heterocycles. The molecule has 2 heterocycles. The van der Waals surface area contributed by atoms with Gasteiger partial charge in [0.25, 0.3) is 0 Å². The third kappa shape index (κ3) is 3.46. The number of aliphatic imine (C=N–C) groups is 1. The summed E-state index contributed by atoms with van der Waals surface area (Å²) in [5, 5.41) is 2.11. The molecule has 3 nitrogen and oxygen atoms in total. The Bertz CT molecular complexity index is 376. The molecule has 2 N–H and O–H groups in total. The topological polar surface area (TPSA) is 41.6 Å². The minimum Gasteiger partial charge on any atom is -0.370 e. The molecule has 0 saturated carbocycles. The smallest absolute Gasteiger partial charge is 0.191 e. The molecule has 0 aromatic carbocycles. The van der Waals surface area contributed by atoms with Gasteiger partial charge in [0, 0.05) is 18.0 Å². The number of thiophene rings is 1. The van der Waals surface area contributed by atoms with Crippen LogP contribution < -0.4 is 5.73 Å². The number of likely N-dealkylation sites (tertiary alicyclic amines) is 1. The lowest BCUT2D eigenvalue weighted by Gasteiger charge is -2.21. The van der Waals surface area contributed by atoms with Crippen LogP contribution in [0, 0.1) is 6.92 Å². The molecule has 17 heavy (non-hydrogen) atoms. The normalized spacial score (nSPS) is 18.2. The molecule has 4 heteroatoms. The van der Waals surface area contributed by atoms with Crippen molar-refractivity contribution in [2.24, 2.45) is 10.7 Å². The van der Waals surface area contributed by atoms with Crippen molar-refractivity contribution in [1.82, 2.24) is 4.90 Å². The van der Waals surface area contributed by atoms with E-state index in [0.717, 1.165) is 25.6 Å². The minimum atomic E-state index is 0.722. The van der Waals surface area contributed by atoms with Crippen molar-refractivity contribution >= 4 is 17.3 Å². The van der Waals surface area contributed by atoms with Crippen LogP contribution in [-0.2, 0) is 6.54 Å². The van der Waals surface area contributed by atoms with Crippen molar-refractivity contribution in [2.75, 3.05) is 13.1 Å². The molecule has 1 aliphatic rings. The third-order valence-corrected chi connectivity index (χ3v) is 4.29. The van der Waals surface area contributed by atoms with E-state index >= 15 is 0 Å². The SMILES string of the molecule is Cc1ccsc1CN=C(N)N1CCCCCC1. The number of rotatable bonds is 2. The Morgan fingerprint density at radius 1 is 1.35 bits per heavy atom. The molecule has 1 fully saturated rings. The summed E-state index contributed by atoms with van der Waals surface area (Å²) in [7, 11) is 0. The molecule has 1 aliphatic heterocycles. The average molecular weight is 251 g/mol. The van der Waals surface area contributed by atoms with Gasteiger partial charge in [-0.3, -0.25) is 0 Å².